The number of hydrogen-bond acceptors (Lipinski definition) is 2. The van der Waals surface area contributed by atoms with E-state index < -0.39 is 0 Å². The van der Waals surface area contributed by atoms with E-state index >= 15 is 0 Å². The first-order chi connectivity index (χ1) is 18.2. The molecule has 0 unspecified atom stereocenters. The van der Waals surface area contributed by atoms with Crippen molar-refractivity contribution in [2.45, 2.75) is 6.42 Å². The molecule has 2 N–H and O–H groups in total. The van der Waals surface area contributed by atoms with E-state index in [9.17, 15) is 0 Å². The summed E-state index contributed by atoms with van der Waals surface area (Å²) in [5, 5.41) is 0. The molecule has 8 bridgehead atoms. The van der Waals surface area contributed by atoms with Crippen molar-refractivity contribution in [3.05, 3.63) is 131 Å². The normalized spacial score (nSPS) is 11.9. The smallest absolute Gasteiger partial charge is 0.0659 e. The molecule has 2 aliphatic heterocycles. The number of aromatic nitrogens is 4. The molecule has 4 nitrogen and oxygen atoms in total. The maximum Gasteiger partial charge on any atom is 0.0659 e. The number of hydrogen-bond donors (Lipinski definition) is 2. The third kappa shape index (κ3) is 5.64. The van der Waals surface area contributed by atoms with Gasteiger partial charge in [0.25, 0.3) is 0 Å². The summed E-state index contributed by atoms with van der Waals surface area (Å²) >= 11 is 0. The minimum absolute atomic E-state index is 0. The monoisotopic (exact) mass is 567 g/mol. The first-order valence-electron chi connectivity index (χ1n) is 12.5. The fourth-order valence-corrected chi connectivity index (χ4v) is 5.02. The summed E-state index contributed by atoms with van der Waals surface area (Å²) in [7, 11) is 0. The van der Waals surface area contributed by atoms with Crippen LogP contribution in [0.25, 0.3) is 57.5 Å². The van der Waals surface area contributed by atoms with E-state index in [1.165, 1.54) is 22.3 Å². The van der Waals surface area contributed by atoms with Crippen molar-refractivity contribution < 1.29 is 17.1 Å². The van der Waals surface area contributed by atoms with Crippen LogP contribution in [0.4, 0.5) is 0 Å². The van der Waals surface area contributed by atoms with Gasteiger partial charge in [-0.2, -0.15) is 0 Å². The number of fused-ring (bicyclic) bond motifs is 11. The molecule has 5 radical (unpaired) electrons. The van der Waals surface area contributed by atoms with E-state index in [0.717, 1.165) is 51.3 Å². The van der Waals surface area contributed by atoms with Gasteiger partial charge in [0.1, 0.15) is 0 Å². The predicted molar refractivity (Wildman–Crippen MR) is 159 cm³/mol. The Hall–Kier alpha value is -4.22. The molecule has 39 heavy (non-hydrogen) atoms. The Morgan fingerprint density at radius 2 is 0.846 bits per heavy atom. The van der Waals surface area contributed by atoms with Gasteiger partial charge in [-0.25, -0.2) is 9.97 Å². The van der Waals surface area contributed by atoms with E-state index in [1.807, 2.05) is 42.5 Å². The molecular formula is C33H24CuN4Si. The Morgan fingerprint density at radius 1 is 0.462 bits per heavy atom. The average molecular weight is 568 g/mol. The Labute approximate surface area is 242 Å². The van der Waals surface area contributed by atoms with Gasteiger partial charge in [0, 0.05) is 50.1 Å². The number of aromatic amines is 2. The van der Waals surface area contributed by atoms with Crippen LogP contribution in [-0.2, 0) is 23.5 Å². The summed E-state index contributed by atoms with van der Waals surface area (Å²) in [5.41, 5.74) is 13.6. The number of nitrogens with one attached hydrogen (secondary N) is 2. The van der Waals surface area contributed by atoms with E-state index in [4.69, 9.17) is 0 Å². The standard InChI is InChI=1S/C20H14N4.C13H10.Cu.Si/c1-2-14-10-16-5-6-18(23-16)12-20-8-7-19(24-20)11-17-4-3-15(22-17)9-13(1)21-14;1-3-7-12-10(5-1)9-11-6-2-4-8-13(11)12;;/h1-12,21-22H;1-8H,9H2;;. The van der Waals surface area contributed by atoms with Gasteiger partial charge in [0.2, 0.25) is 0 Å². The molecular weight excluding hydrogens is 544 g/mol. The zero-order valence-electron chi connectivity index (χ0n) is 21.0. The summed E-state index contributed by atoms with van der Waals surface area (Å²) < 4.78 is 0. The summed E-state index contributed by atoms with van der Waals surface area (Å²) in [5.74, 6) is 0. The first kappa shape index (κ1) is 26.4. The summed E-state index contributed by atoms with van der Waals surface area (Å²) in [6.45, 7) is 0. The average Bonchev–Trinajstić information content (AvgIpc) is 3.73. The SMILES string of the molecule is C1=Cc2cc3ccc(cc4ccc(cc5nc(cc1n2)C=C5)[nH]4)[nH]3.[Cu].[Si].c1ccc2c(c1)Cc1ccccc1-2. The van der Waals surface area contributed by atoms with Crippen molar-refractivity contribution in [2.75, 3.05) is 0 Å². The fraction of sp³-hybridized carbons (Fsp3) is 0.0303. The Balaban J connectivity index is 0.000000175. The van der Waals surface area contributed by atoms with Gasteiger partial charge in [-0.1, -0.05) is 48.5 Å². The van der Waals surface area contributed by atoms with Crippen LogP contribution in [-0.4, -0.2) is 30.9 Å². The van der Waals surface area contributed by atoms with Gasteiger partial charge >= 0.3 is 0 Å². The molecule has 1 aliphatic carbocycles. The van der Waals surface area contributed by atoms with Crippen molar-refractivity contribution in [3.8, 4) is 11.1 Å². The van der Waals surface area contributed by atoms with Gasteiger partial charge in [0.15, 0.2) is 0 Å². The maximum absolute atomic E-state index is 4.62. The molecule has 0 saturated carbocycles. The molecule has 5 aromatic rings. The van der Waals surface area contributed by atoms with Crippen molar-refractivity contribution in [1.29, 1.82) is 0 Å². The second-order valence-corrected chi connectivity index (χ2v) is 9.40. The molecule has 3 aromatic heterocycles. The molecule has 8 rings (SSSR count). The van der Waals surface area contributed by atoms with Crippen LogP contribution in [0.15, 0.2) is 97.1 Å². The molecule has 0 atom stereocenters. The molecule has 3 aliphatic rings. The van der Waals surface area contributed by atoms with Gasteiger partial charge in [-0.15, -0.1) is 0 Å². The number of benzene rings is 2. The topological polar surface area (TPSA) is 57.4 Å². The van der Waals surface area contributed by atoms with Crippen molar-refractivity contribution in [3.63, 3.8) is 0 Å². The largest absolute Gasteiger partial charge is 0.355 e. The van der Waals surface area contributed by atoms with Crippen LogP contribution in [0, 0.1) is 0 Å². The minimum Gasteiger partial charge on any atom is -0.355 e. The van der Waals surface area contributed by atoms with Gasteiger partial charge < -0.3 is 9.97 Å². The number of rotatable bonds is 0. The Kier molecular flexibility index (Phi) is 7.62. The molecule has 6 heteroatoms. The van der Waals surface area contributed by atoms with Crippen LogP contribution in [0.3, 0.4) is 0 Å². The number of nitrogens with zero attached hydrogens (tertiary/aromatic N) is 2. The first-order valence-corrected chi connectivity index (χ1v) is 12.5. The van der Waals surface area contributed by atoms with E-state index in [-0.39, 0.29) is 28.0 Å². The van der Waals surface area contributed by atoms with Crippen molar-refractivity contribution >= 4 is 57.3 Å². The molecule has 0 saturated heterocycles. The third-order valence-corrected chi connectivity index (χ3v) is 6.75. The zero-order valence-corrected chi connectivity index (χ0v) is 22.9. The molecule has 5 heterocycles. The molecule has 0 amide bonds. The maximum atomic E-state index is 4.62. The van der Waals surface area contributed by atoms with Crippen LogP contribution in [0.1, 0.15) is 33.9 Å². The number of H-pyrrole nitrogens is 2. The Bertz CT molecular complexity index is 1750. The van der Waals surface area contributed by atoms with Gasteiger partial charge in [-0.05, 0) is 102 Å². The van der Waals surface area contributed by atoms with E-state index in [0.29, 0.717) is 0 Å². The van der Waals surface area contributed by atoms with Gasteiger partial charge in [0.05, 0.1) is 22.8 Å². The van der Waals surface area contributed by atoms with Crippen molar-refractivity contribution in [2.24, 2.45) is 0 Å². The third-order valence-electron chi connectivity index (χ3n) is 6.75. The molecule has 0 spiro atoms. The van der Waals surface area contributed by atoms with Crippen molar-refractivity contribution in [1.82, 2.24) is 19.9 Å². The molecule has 191 valence electrons. The molecule has 0 fully saturated rings. The Morgan fingerprint density at radius 3 is 1.31 bits per heavy atom. The molecule has 2 aromatic carbocycles. The minimum atomic E-state index is 0. The van der Waals surface area contributed by atoms with E-state index in [1.54, 1.807) is 0 Å². The summed E-state index contributed by atoms with van der Waals surface area (Å²) in [6.07, 6.45) is 9.15. The van der Waals surface area contributed by atoms with Crippen LogP contribution in [0.2, 0.25) is 0 Å². The second kappa shape index (κ2) is 11.3. The zero-order chi connectivity index (χ0) is 24.6. The van der Waals surface area contributed by atoms with Crippen LogP contribution < -0.4 is 0 Å². The fourth-order valence-electron chi connectivity index (χ4n) is 5.02. The van der Waals surface area contributed by atoms with E-state index in [2.05, 4.69) is 98.8 Å². The van der Waals surface area contributed by atoms with Crippen LogP contribution in [0.5, 0.6) is 0 Å². The van der Waals surface area contributed by atoms with Crippen LogP contribution >= 0.6 is 0 Å². The second-order valence-electron chi connectivity index (χ2n) is 9.40. The summed E-state index contributed by atoms with van der Waals surface area (Å²) in [6, 6.07) is 33.7. The summed E-state index contributed by atoms with van der Waals surface area (Å²) in [4.78, 5) is 16.0. The quantitative estimate of drug-likeness (QED) is 0.186. The predicted octanol–water partition coefficient (Wildman–Crippen LogP) is 7.53. The van der Waals surface area contributed by atoms with Gasteiger partial charge in [-0.3, -0.25) is 0 Å².